The van der Waals surface area contributed by atoms with Gasteiger partial charge in [0.1, 0.15) is 24.2 Å². The number of aliphatic carboxylic acids is 1. The van der Waals surface area contributed by atoms with E-state index in [0.717, 1.165) is 0 Å². The zero-order valence-electron chi connectivity index (χ0n) is 27.5. The van der Waals surface area contributed by atoms with E-state index in [2.05, 4.69) is 33.9 Å². The van der Waals surface area contributed by atoms with Crippen molar-refractivity contribution in [2.75, 3.05) is 12.3 Å². The molecule has 0 bridgehead atoms. The topological polar surface area (TPSA) is 220 Å². The molecule has 0 unspecified atom stereocenters. The van der Waals surface area contributed by atoms with Gasteiger partial charge in [0.25, 0.3) is 0 Å². The number of carbonyl (C=O) groups is 6. The van der Waals surface area contributed by atoms with Gasteiger partial charge in [0.2, 0.25) is 29.5 Å². The van der Waals surface area contributed by atoms with Crippen LogP contribution in [0.5, 0.6) is 0 Å². The highest BCUT2D eigenvalue weighted by Crippen LogP contribution is 2.20. The summed E-state index contributed by atoms with van der Waals surface area (Å²) in [6.07, 6.45) is 0.574. The number of aliphatic hydroxyl groups is 1. The van der Waals surface area contributed by atoms with Gasteiger partial charge in [0.15, 0.2) is 6.04 Å². The third-order valence-electron chi connectivity index (χ3n) is 7.87. The van der Waals surface area contributed by atoms with Crippen LogP contribution in [0.25, 0.3) is 0 Å². The normalized spacial score (nSPS) is 19.6. The van der Waals surface area contributed by atoms with Gasteiger partial charge >= 0.3 is 5.97 Å². The molecule has 1 fully saturated rings. The molecule has 14 nitrogen and oxygen atoms in total. The molecule has 0 radical (unpaired) electrons. The van der Waals surface area contributed by atoms with E-state index in [1.165, 1.54) is 11.8 Å². The lowest BCUT2D eigenvalue weighted by molar-refractivity contribution is -0.145. The minimum absolute atomic E-state index is 0.00828. The molecule has 1 aliphatic rings. The molecule has 15 heteroatoms. The number of carboxylic acids is 1. The number of aliphatic hydroxyl groups excluding tert-OH is 1. The Morgan fingerprint density at radius 3 is 1.80 bits per heavy atom. The first kappa shape index (κ1) is 40.1. The number of nitrogens with zero attached hydrogens (tertiary/aromatic N) is 1. The summed E-state index contributed by atoms with van der Waals surface area (Å²) in [5.41, 5.74) is 5.86. The van der Waals surface area contributed by atoms with Crippen LogP contribution < -0.4 is 27.0 Å². The van der Waals surface area contributed by atoms with Gasteiger partial charge in [-0.3, -0.25) is 24.0 Å². The number of hydrogen-bond acceptors (Lipinski definition) is 9. The third-order valence-corrected chi connectivity index (χ3v) is 8.27. The van der Waals surface area contributed by atoms with Crippen molar-refractivity contribution >= 4 is 48.1 Å². The van der Waals surface area contributed by atoms with E-state index in [9.17, 15) is 39.0 Å². The van der Waals surface area contributed by atoms with Crippen LogP contribution >= 0.6 is 12.6 Å². The van der Waals surface area contributed by atoms with Gasteiger partial charge in [-0.2, -0.15) is 12.6 Å². The number of likely N-dealkylation sites (tertiary alicyclic amines) is 1. The summed E-state index contributed by atoms with van der Waals surface area (Å²) in [7, 11) is 0. The Kier molecular flexibility index (Phi) is 16.9. The van der Waals surface area contributed by atoms with Gasteiger partial charge in [0.05, 0.1) is 12.1 Å². The highest BCUT2D eigenvalue weighted by molar-refractivity contribution is 7.80. The second kappa shape index (κ2) is 18.9. The van der Waals surface area contributed by atoms with Crippen LogP contribution in [0.15, 0.2) is 0 Å². The van der Waals surface area contributed by atoms with Crippen molar-refractivity contribution in [3.8, 4) is 0 Å². The average Bonchev–Trinajstić information content (AvgIpc) is 3.45. The van der Waals surface area contributed by atoms with Crippen LogP contribution in [0.3, 0.4) is 0 Å². The molecule has 0 aromatic heterocycles. The molecule has 1 rings (SSSR count). The van der Waals surface area contributed by atoms with E-state index in [0.29, 0.717) is 25.8 Å². The molecular weight excluding hydrogens is 604 g/mol. The van der Waals surface area contributed by atoms with E-state index in [1.807, 2.05) is 34.6 Å². The summed E-state index contributed by atoms with van der Waals surface area (Å²) in [5, 5.41) is 29.7. The van der Waals surface area contributed by atoms with Crippen LogP contribution in [0.2, 0.25) is 0 Å². The molecule has 0 saturated carbocycles. The van der Waals surface area contributed by atoms with Crippen LogP contribution in [0.4, 0.5) is 0 Å². The van der Waals surface area contributed by atoms with Crippen LogP contribution in [0.1, 0.15) is 80.6 Å². The summed E-state index contributed by atoms with van der Waals surface area (Å²) in [6.45, 7) is 12.6. The van der Waals surface area contributed by atoms with Gasteiger partial charge in [0, 0.05) is 12.3 Å². The summed E-state index contributed by atoms with van der Waals surface area (Å²) in [4.78, 5) is 79.3. The quantitative estimate of drug-likeness (QED) is 0.0911. The van der Waals surface area contributed by atoms with Gasteiger partial charge in [-0.15, -0.1) is 0 Å². The summed E-state index contributed by atoms with van der Waals surface area (Å²) in [5.74, 6) is -4.64. The van der Waals surface area contributed by atoms with Gasteiger partial charge in [-0.05, 0) is 50.4 Å². The fraction of sp³-hybridized carbons (Fsp3) is 0.800. The summed E-state index contributed by atoms with van der Waals surface area (Å²) in [6, 6.07) is -6.44. The van der Waals surface area contributed by atoms with Crippen molar-refractivity contribution in [1.29, 1.82) is 0 Å². The third kappa shape index (κ3) is 12.4. The maximum Gasteiger partial charge on any atom is 0.328 e. The van der Waals surface area contributed by atoms with Crippen molar-refractivity contribution in [2.24, 2.45) is 23.5 Å². The molecule has 0 spiro atoms. The lowest BCUT2D eigenvalue weighted by Crippen LogP contribution is -2.61. The minimum Gasteiger partial charge on any atom is -0.480 e. The summed E-state index contributed by atoms with van der Waals surface area (Å²) < 4.78 is 0. The number of hydrogen-bond donors (Lipinski definition) is 8. The van der Waals surface area contributed by atoms with Crippen LogP contribution in [-0.2, 0) is 28.8 Å². The number of carbonyl (C=O) groups excluding carboxylic acids is 5. The monoisotopic (exact) mass is 658 g/mol. The molecule has 1 saturated heterocycles. The lowest BCUT2D eigenvalue weighted by Gasteiger charge is -2.31. The fourth-order valence-electron chi connectivity index (χ4n) is 5.13. The van der Waals surface area contributed by atoms with E-state index in [4.69, 9.17) is 5.73 Å². The Hall–Kier alpha value is -2.91. The maximum absolute atomic E-state index is 13.6. The molecule has 0 aromatic carbocycles. The van der Waals surface area contributed by atoms with E-state index < -0.39 is 72.0 Å². The predicted molar refractivity (Wildman–Crippen MR) is 172 cm³/mol. The Balaban J connectivity index is 3.18. The number of thiol groups is 1. The SMILES string of the molecule is CC[C@H](C)[C@H](NC(=O)[C@H](CC(C)C)NC(=O)[C@@H]1CCCN1C(=O)[C@@H](N)CS)C(=O)N[C@@H](CC(C)C)C(=O)N[C@H](C(=O)O)[C@@H](C)O. The number of nitrogens with one attached hydrogen (secondary N) is 4. The Labute approximate surface area is 271 Å². The number of nitrogens with two attached hydrogens (primary N) is 1. The van der Waals surface area contributed by atoms with Crippen molar-refractivity contribution in [3.63, 3.8) is 0 Å². The smallest absolute Gasteiger partial charge is 0.328 e. The highest BCUT2D eigenvalue weighted by atomic mass is 32.1. The molecule has 1 heterocycles. The lowest BCUT2D eigenvalue weighted by atomic mass is 9.95. The Bertz CT molecular complexity index is 1040. The van der Waals surface area contributed by atoms with Crippen LogP contribution in [0, 0.1) is 17.8 Å². The molecule has 0 aliphatic carbocycles. The Morgan fingerprint density at radius 1 is 0.844 bits per heavy atom. The first-order valence-electron chi connectivity index (χ1n) is 15.7. The molecular formula is C30H54N6O8S. The highest BCUT2D eigenvalue weighted by Gasteiger charge is 2.39. The second-order valence-corrected chi connectivity index (χ2v) is 13.2. The minimum atomic E-state index is -1.57. The van der Waals surface area contributed by atoms with Crippen molar-refractivity contribution in [2.45, 2.75) is 123 Å². The molecule has 45 heavy (non-hydrogen) atoms. The molecule has 8 atom stereocenters. The zero-order chi connectivity index (χ0) is 34.6. The van der Waals surface area contributed by atoms with Crippen molar-refractivity contribution in [3.05, 3.63) is 0 Å². The summed E-state index contributed by atoms with van der Waals surface area (Å²) >= 11 is 4.09. The average molecular weight is 659 g/mol. The number of rotatable bonds is 18. The fourth-order valence-corrected chi connectivity index (χ4v) is 5.28. The van der Waals surface area contributed by atoms with E-state index >= 15 is 0 Å². The first-order valence-corrected chi connectivity index (χ1v) is 16.4. The van der Waals surface area contributed by atoms with E-state index in [-0.39, 0.29) is 42.3 Å². The maximum atomic E-state index is 13.6. The first-order chi connectivity index (χ1) is 20.9. The van der Waals surface area contributed by atoms with Crippen molar-refractivity contribution in [1.82, 2.24) is 26.2 Å². The predicted octanol–water partition coefficient (Wildman–Crippen LogP) is -0.223. The molecule has 0 aromatic rings. The van der Waals surface area contributed by atoms with Gasteiger partial charge in [-0.25, -0.2) is 4.79 Å². The number of amides is 5. The molecule has 5 amide bonds. The largest absolute Gasteiger partial charge is 0.480 e. The Morgan fingerprint density at radius 2 is 1.36 bits per heavy atom. The van der Waals surface area contributed by atoms with Gasteiger partial charge < -0.3 is 42.1 Å². The van der Waals surface area contributed by atoms with E-state index in [1.54, 1.807) is 6.92 Å². The van der Waals surface area contributed by atoms with Crippen LogP contribution in [-0.4, -0.2) is 105 Å². The van der Waals surface area contributed by atoms with Crippen molar-refractivity contribution < 1.29 is 39.0 Å². The number of carboxylic acid groups (broad SMARTS) is 1. The zero-order valence-corrected chi connectivity index (χ0v) is 28.4. The molecule has 8 N–H and O–H groups in total. The molecule has 1 aliphatic heterocycles. The molecule has 258 valence electrons. The van der Waals surface area contributed by atoms with Gasteiger partial charge in [-0.1, -0.05) is 48.0 Å². The second-order valence-electron chi connectivity index (χ2n) is 12.8. The standard InChI is InChI=1S/C30H54N6O8S/c1-8-17(6)23(28(41)33-21(13-16(4)5)26(39)35-24(18(7)37)30(43)44)34-25(38)20(12-15(2)3)32-27(40)22-10-9-11-36(22)29(42)19(31)14-45/h15-24,37,45H,8-14,31H2,1-7H3,(H,32,40)(H,33,41)(H,34,38)(H,35,39)(H,43,44)/t17-,18+,19-,20-,21-,22-,23-,24-/m0/s1.